The summed E-state index contributed by atoms with van der Waals surface area (Å²) in [6.07, 6.45) is 5.99. The van der Waals surface area contributed by atoms with Gasteiger partial charge in [-0.2, -0.15) is 0 Å². The maximum atomic E-state index is 12.9. The second-order valence-corrected chi connectivity index (χ2v) is 6.96. The Hall–Kier alpha value is -2.71. The molecule has 0 saturated carbocycles. The second kappa shape index (κ2) is 8.32. The Morgan fingerprint density at radius 2 is 1.93 bits per heavy atom. The summed E-state index contributed by atoms with van der Waals surface area (Å²) >= 11 is 0. The fourth-order valence-corrected chi connectivity index (χ4v) is 3.76. The quantitative estimate of drug-likeness (QED) is 0.566. The molecular weight excluding hydrogens is 350 g/mol. The van der Waals surface area contributed by atoms with E-state index in [0.29, 0.717) is 32.5 Å². The third-order valence-corrected chi connectivity index (χ3v) is 5.32. The van der Waals surface area contributed by atoms with E-state index in [-0.39, 0.29) is 29.5 Å². The summed E-state index contributed by atoms with van der Waals surface area (Å²) < 4.78 is 6.31. The van der Waals surface area contributed by atoms with Gasteiger partial charge in [0.15, 0.2) is 5.69 Å². The van der Waals surface area contributed by atoms with E-state index < -0.39 is 5.97 Å². The van der Waals surface area contributed by atoms with Gasteiger partial charge < -0.3 is 14.5 Å². The molecule has 0 spiro atoms. The Morgan fingerprint density at radius 1 is 1.19 bits per heavy atom. The molecule has 9 heteroatoms. The predicted molar refractivity (Wildman–Crippen MR) is 95.7 cm³/mol. The molecule has 3 rings (SSSR count). The average molecular weight is 375 g/mol. The molecule has 1 atom stereocenters. The van der Waals surface area contributed by atoms with Crippen molar-refractivity contribution >= 4 is 17.8 Å². The van der Waals surface area contributed by atoms with E-state index >= 15 is 0 Å². The molecule has 2 amide bonds. The molecule has 9 nitrogen and oxygen atoms in total. The van der Waals surface area contributed by atoms with Gasteiger partial charge >= 0.3 is 5.97 Å². The molecule has 27 heavy (non-hydrogen) atoms. The van der Waals surface area contributed by atoms with Gasteiger partial charge in [-0.1, -0.05) is 11.8 Å². The second-order valence-electron chi connectivity index (χ2n) is 6.96. The number of esters is 1. The first kappa shape index (κ1) is 19.1. The molecule has 0 aromatic carbocycles. The van der Waals surface area contributed by atoms with E-state index in [4.69, 9.17) is 0 Å². The Balaban J connectivity index is 1.58. The van der Waals surface area contributed by atoms with Gasteiger partial charge in [-0.3, -0.25) is 9.59 Å². The van der Waals surface area contributed by atoms with Crippen molar-refractivity contribution in [2.45, 2.75) is 31.7 Å². The number of rotatable bonds is 4. The van der Waals surface area contributed by atoms with Gasteiger partial charge in [0.2, 0.25) is 11.8 Å². The normalized spacial score (nSPS) is 21.0. The fourth-order valence-electron chi connectivity index (χ4n) is 3.76. The Labute approximate surface area is 157 Å². The minimum absolute atomic E-state index is 0.00367. The third kappa shape index (κ3) is 4.17. The van der Waals surface area contributed by atoms with Crippen LogP contribution in [0.15, 0.2) is 18.9 Å². The summed E-state index contributed by atoms with van der Waals surface area (Å²) in [6.45, 7) is 5.96. The molecule has 146 valence electrons. The summed E-state index contributed by atoms with van der Waals surface area (Å²) in [5.41, 5.74) is 0.167. The molecule has 2 aliphatic rings. The van der Waals surface area contributed by atoms with Crippen LogP contribution in [0.4, 0.5) is 0 Å². The highest BCUT2D eigenvalue weighted by Gasteiger charge is 2.33. The van der Waals surface area contributed by atoms with Crippen LogP contribution in [0.2, 0.25) is 0 Å². The maximum absolute atomic E-state index is 12.9. The van der Waals surface area contributed by atoms with Crippen LogP contribution in [0.5, 0.6) is 0 Å². The number of likely N-dealkylation sites (tertiary alicyclic amines) is 2. The maximum Gasteiger partial charge on any atom is 0.360 e. The number of carbonyl (C=O) groups is 3. The average Bonchev–Trinajstić information content (AvgIpc) is 3.22. The number of methoxy groups -OCH3 is 1. The summed E-state index contributed by atoms with van der Waals surface area (Å²) in [7, 11) is 1.30. The molecule has 2 aliphatic heterocycles. The number of aromatic nitrogens is 3. The lowest BCUT2D eigenvalue weighted by atomic mass is 9.93. The number of carbonyl (C=O) groups excluding carboxylic acids is 3. The molecule has 0 radical (unpaired) electrons. The number of hydrogen-bond donors (Lipinski definition) is 0. The summed E-state index contributed by atoms with van der Waals surface area (Å²) in [5.74, 6) is -0.518. The van der Waals surface area contributed by atoms with Crippen LogP contribution in [0.3, 0.4) is 0 Å². The van der Waals surface area contributed by atoms with Gasteiger partial charge in [-0.05, 0) is 31.8 Å². The zero-order valence-electron chi connectivity index (χ0n) is 15.5. The zero-order valence-corrected chi connectivity index (χ0v) is 15.5. The van der Waals surface area contributed by atoms with Crippen molar-refractivity contribution in [2.75, 3.05) is 33.3 Å². The standard InChI is InChI=1S/C18H25N5O4/c1-3-16(24)21-9-6-13(7-10-21)17(25)22-8-4-5-14(11-22)23-12-15(19-20-23)18(26)27-2/h3,12-14H,1,4-11H2,2H3. The first-order valence-electron chi connectivity index (χ1n) is 9.23. The monoisotopic (exact) mass is 375 g/mol. The third-order valence-electron chi connectivity index (χ3n) is 5.32. The molecule has 1 aromatic heterocycles. The number of amides is 2. The summed E-state index contributed by atoms with van der Waals surface area (Å²) in [6, 6.07) is -0.00367. The zero-order chi connectivity index (χ0) is 19.4. The Morgan fingerprint density at radius 3 is 2.59 bits per heavy atom. The lowest BCUT2D eigenvalue weighted by Crippen LogP contribution is -2.47. The van der Waals surface area contributed by atoms with Crippen LogP contribution in [0.25, 0.3) is 0 Å². The van der Waals surface area contributed by atoms with Crippen molar-refractivity contribution < 1.29 is 19.1 Å². The minimum atomic E-state index is -0.522. The van der Waals surface area contributed by atoms with E-state index in [2.05, 4.69) is 21.6 Å². The molecule has 0 bridgehead atoms. The van der Waals surface area contributed by atoms with Gasteiger partial charge in [0.05, 0.1) is 19.3 Å². The van der Waals surface area contributed by atoms with E-state index in [1.807, 2.05) is 4.90 Å². The molecule has 3 heterocycles. The Kier molecular flexibility index (Phi) is 5.88. The summed E-state index contributed by atoms with van der Waals surface area (Å²) in [5, 5.41) is 7.87. The number of hydrogen-bond acceptors (Lipinski definition) is 6. The van der Waals surface area contributed by atoms with Gasteiger partial charge in [0.1, 0.15) is 0 Å². The smallest absolute Gasteiger partial charge is 0.360 e. The molecule has 2 saturated heterocycles. The van der Waals surface area contributed by atoms with E-state index in [1.165, 1.54) is 13.2 Å². The van der Waals surface area contributed by atoms with Gasteiger partial charge in [0.25, 0.3) is 0 Å². The first-order valence-corrected chi connectivity index (χ1v) is 9.23. The number of nitrogens with zero attached hydrogens (tertiary/aromatic N) is 5. The highest BCUT2D eigenvalue weighted by Crippen LogP contribution is 2.26. The van der Waals surface area contributed by atoms with Gasteiger partial charge in [-0.15, -0.1) is 5.10 Å². The van der Waals surface area contributed by atoms with Crippen molar-refractivity contribution in [3.05, 3.63) is 24.5 Å². The fraction of sp³-hybridized carbons (Fsp3) is 0.611. The van der Waals surface area contributed by atoms with Crippen molar-refractivity contribution in [3.8, 4) is 0 Å². The van der Waals surface area contributed by atoms with Crippen LogP contribution in [-0.2, 0) is 14.3 Å². The molecule has 0 N–H and O–H groups in total. The first-order chi connectivity index (χ1) is 13.0. The van der Waals surface area contributed by atoms with Gasteiger partial charge in [0, 0.05) is 32.1 Å². The molecule has 2 fully saturated rings. The van der Waals surface area contributed by atoms with Crippen molar-refractivity contribution in [2.24, 2.45) is 5.92 Å². The van der Waals surface area contributed by atoms with Crippen molar-refractivity contribution in [1.29, 1.82) is 0 Å². The number of piperidine rings is 2. The number of ether oxygens (including phenoxy) is 1. The molecule has 1 aromatic rings. The van der Waals surface area contributed by atoms with Crippen LogP contribution in [0, 0.1) is 5.92 Å². The Bertz CT molecular complexity index is 723. The highest BCUT2D eigenvalue weighted by molar-refractivity contribution is 5.87. The van der Waals surface area contributed by atoms with Crippen LogP contribution < -0.4 is 0 Å². The van der Waals surface area contributed by atoms with E-state index in [1.54, 1.807) is 15.8 Å². The lowest BCUT2D eigenvalue weighted by Gasteiger charge is -2.37. The van der Waals surface area contributed by atoms with Crippen LogP contribution in [-0.4, -0.2) is 75.9 Å². The van der Waals surface area contributed by atoms with Crippen LogP contribution in [0.1, 0.15) is 42.2 Å². The summed E-state index contributed by atoms with van der Waals surface area (Å²) in [4.78, 5) is 39.8. The van der Waals surface area contributed by atoms with Crippen molar-refractivity contribution in [1.82, 2.24) is 24.8 Å². The topological polar surface area (TPSA) is 97.6 Å². The molecular formula is C18H25N5O4. The predicted octanol–water partition coefficient (Wildman–Crippen LogP) is 0.653. The SMILES string of the molecule is C=CC(=O)N1CCC(C(=O)N2CCCC(n3cc(C(=O)OC)nn3)C2)CC1. The van der Waals surface area contributed by atoms with Crippen LogP contribution >= 0.6 is 0 Å². The molecule has 1 unspecified atom stereocenters. The minimum Gasteiger partial charge on any atom is -0.464 e. The van der Waals surface area contributed by atoms with E-state index in [9.17, 15) is 14.4 Å². The van der Waals surface area contributed by atoms with Crippen molar-refractivity contribution in [3.63, 3.8) is 0 Å². The van der Waals surface area contributed by atoms with Gasteiger partial charge in [-0.25, -0.2) is 9.48 Å². The largest absolute Gasteiger partial charge is 0.464 e. The lowest BCUT2D eigenvalue weighted by molar-refractivity contribution is -0.140. The highest BCUT2D eigenvalue weighted by atomic mass is 16.5. The molecule has 0 aliphatic carbocycles. The van der Waals surface area contributed by atoms with E-state index in [0.717, 1.165) is 19.4 Å².